The summed E-state index contributed by atoms with van der Waals surface area (Å²) in [6, 6.07) is -0.171. The predicted octanol–water partition coefficient (Wildman–Crippen LogP) is 2.08. The van der Waals surface area contributed by atoms with Crippen LogP contribution in [0.3, 0.4) is 0 Å². The lowest BCUT2D eigenvalue weighted by Gasteiger charge is -2.35. The molecule has 0 aliphatic carbocycles. The van der Waals surface area contributed by atoms with Gasteiger partial charge in [-0.2, -0.15) is 0 Å². The number of rotatable bonds is 5. The standard InChI is InChI=1S/C20H34N4O4/c1-14(23(4)11-12-27-5)18-16(15(2)28-6)13-17(21-18)22-19(25)24-9-7-20(3,26)8-10-24/h26H,7-13H2,1-6H3,(H,21,22,25)/b16-15+,18-14-. The van der Waals surface area contributed by atoms with Gasteiger partial charge < -0.3 is 24.4 Å². The van der Waals surface area contributed by atoms with Gasteiger partial charge in [0.1, 0.15) is 5.84 Å². The van der Waals surface area contributed by atoms with Gasteiger partial charge in [-0.3, -0.25) is 5.32 Å². The zero-order valence-electron chi connectivity index (χ0n) is 18.0. The van der Waals surface area contributed by atoms with Gasteiger partial charge in [0.2, 0.25) is 0 Å². The Labute approximate surface area is 167 Å². The number of ether oxygens (including phenoxy) is 2. The Morgan fingerprint density at radius 2 is 1.96 bits per heavy atom. The monoisotopic (exact) mass is 394 g/mol. The molecule has 0 aromatic rings. The fraction of sp³-hybridized carbons (Fsp3) is 0.700. The SMILES string of the molecule is COCCN(C)/C(C)=C1\N=C(NC(=O)N2CCC(C)(O)CC2)C\C1=C(\C)OC. The largest absolute Gasteiger partial charge is 0.501 e. The second-order valence-electron chi connectivity index (χ2n) is 7.74. The summed E-state index contributed by atoms with van der Waals surface area (Å²) in [6.07, 6.45) is 1.67. The third-order valence-electron chi connectivity index (χ3n) is 5.53. The van der Waals surface area contributed by atoms with Gasteiger partial charge in [-0.05, 0) is 33.6 Å². The van der Waals surface area contributed by atoms with Crippen molar-refractivity contribution in [3.63, 3.8) is 0 Å². The first-order valence-electron chi connectivity index (χ1n) is 9.69. The molecular weight excluding hydrogens is 360 g/mol. The van der Waals surface area contributed by atoms with Crippen LogP contribution in [0.1, 0.15) is 40.0 Å². The molecule has 1 saturated heterocycles. The van der Waals surface area contributed by atoms with Crippen molar-refractivity contribution in [2.75, 3.05) is 47.5 Å². The van der Waals surface area contributed by atoms with E-state index in [-0.39, 0.29) is 6.03 Å². The molecule has 158 valence electrons. The number of amidine groups is 1. The summed E-state index contributed by atoms with van der Waals surface area (Å²) in [7, 11) is 5.31. The van der Waals surface area contributed by atoms with Gasteiger partial charge in [0.05, 0.1) is 30.8 Å². The van der Waals surface area contributed by atoms with E-state index >= 15 is 0 Å². The number of aliphatic hydroxyl groups is 1. The fourth-order valence-electron chi connectivity index (χ4n) is 3.25. The van der Waals surface area contributed by atoms with Crippen LogP contribution in [-0.2, 0) is 9.47 Å². The first-order chi connectivity index (χ1) is 13.2. The second-order valence-corrected chi connectivity index (χ2v) is 7.74. The van der Waals surface area contributed by atoms with Gasteiger partial charge >= 0.3 is 6.03 Å². The number of piperidine rings is 1. The number of carbonyl (C=O) groups excluding carboxylic acids is 1. The Morgan fingerprint density at radius 1 is 1.32 bits per heavy atom. The number of hydrogen-bond acceptors (Lipinski definition) is 6. The highest BCUT2D eigenvalue weighted by molar-refractivity contribution is 6.01. The number of amides is 2. The molecule has 8 heteroatoms. The smallest absolute Gasteiger partial charge is 0.322 e. The van der Waals surface area contributed by atoms with Gasteiger partial charge in [-0.15, -0.1) is 0 Å². The molecule has 2 N–H and O–H groups in total. The van der Waals surface area contributed by atoms with Crippen LogP contribution in [0.2, 0.25) is 0 Å². The molecule has 0 spiro atoms. The maximum absolute atomic E-state index is 12.6. The zero-order valence-corrected chi connectivity index (χ0v) is 18.0. The maximum Gasteiger partial charge on any atom is 0.322 e. The first kappa shape index (κ1) is 22.2. The normalized spacial score (nSPS) is 22.5. The van der Waals surface area contributed by atoms with Crippen LogP contribution in [0.4, 0.5) is 4.79 Å². The van der Waals surface area contributed by atoms with Crippen molar-refractivity contribution < 1.29 is 19.4 Å². The topological polar surface area (TPSA) is 86.6 Å². The molecule has 0 bridgehead atoms. The van der Waals surface area contributed by atoms with E-state index in [0.29, 0.717) is 44.8 Å². The molecule has 8 nitrogen and oxygen atoms in total. The van der Waals surface area contributed by atoms with Crippen molar-refractivity contribution >= 4 is 11.9 Å². The molecule has 0 aromatic heterocycles. The number of allylic oxidation sites excluding steroid dienone is 3. The lowest BCUT2D eigenvalue weighted by Crippen LogP contribution is -2.49. The zero-order chi connectivity index (χ0) is 20.9. The van der Waals surface area contributed by atoms with E-state index in [0.717, 1.165) is 29.3 Å². The van der Waals surface area contributed by atoms with Gasteiger partial charge in [0.25, 0.3) is 0 Å². The van der Waals surface area contributed by atoms with Crippen LogP contribution in [0.25, 0.3) is 0 Å². The Kier molecular flexibility index (Phi) is 7.48. The summed E-state index contributed by atoms with van der Waals surface area (Å²) in [5.41, 5.74) is 2.12. The van der Waals surface area contributed by atoms with E-state index in [9.17, 15) is 9.90 Å². The maximum atomic E-state index is 12.6. The first-order valence-corrected chi connectivity index (χ1v) is 9.69. The lowest BCUT2D eigenvalue weighted by molar-refractivity contribution is 0.00483. The molecule has 0 saturated carbocycles. The van der Waals surface area contributed by atoms with Crippen molar-refractivity contribution in [1.82, 2.24) is 15.1 Å². The Hall–Kier alpha value is -2.06. The van der Waals surface area contributed by atoms with Gasteiger partial charge in [-0.25, -0.2) is 9.79 Å². The Balaban J connectivity index is 2.15. The minimum Gasteiger partial charge on any atom is -0.501 e. The molecule has 2 aliphatic heterocycles. The van der Waals surface area contributed by atoms with Crippen molar-refractivity contribution in [3.8, 4) is 0 Å². The molecular formula is C20H34N4O4. The van der Waals surface area contributed by atoms with E-state index in [2.05, 4.69) is 10.2 Å². The number of nitrogens with zero attached hydrogens (tertiary/aromatic N) is 3. The second kappa shape index (κ2) is 9.43. The average molecular weight is 395 g/mol. The van der Waals surface area contributed by atoms with Crippen molar-refractivity contribution in [1.29, 1.82) is 0 Å². The van der Waals surface area contributed by atoms with Crippen LogP contribution in [0.15, 0.2) is 27.7 Å². The Morgan fingerprint density at radius 3 is 2.54 bits per heavy atom. The molecule has 1 fully saturated rings. The van der Waals surface area contributed by atoms with E-state index < -0.39 is 5.60 Å². The van der Waals surface area contributed by atoms with E-state index in [1.807, 2.05) is 27.8 Å². The van der Waals surface area contributed by atoms with E-state index in [4.69, 9.17) is 14.5 Å². The molecule has 2 heterocycles. The van der Waals surface area contributed by atoms with Crippen molar-refractivity contribution in [2.45, 2.75) is 45.6 Å². The summed E-state index contributed by atoms with van der Waals surface area (Å²) in [5, 5.41) is 13.0. The summed E-state index contributed by atoms with van der Waals surface area (Å²) >= 11 is 0. The number of aliphatic imine (C=N–C) groups is 1. The number of carbonyl (C=O) groups is 1. The number of hydrogen-bond donors (Lipinski definition) is 2. The number of nitrogens with one attached hydrogen (secondary N) is 1. The molecule has 0 atom stereocenters. The number of likely N-dealkylation sites (tertiary alicyclic amines) is 1. The molecule has 2 aliphatic rings. The number of likely N-dealkylation sites (N-methyl/N-ethyl adjacent to an activating group) is 1. The fourth-order valence-corrected chi connectivity index (χ4v) is 3.25. The third-order valence-corrected chi connectivity index (χ3v) is 5.53. The quantitative estimate of drug-likeness (QED) is 0.697. The van der Waals surface area contributed by atoms with Gasteiger partial charge in [-0.1, -0.05) is 0 Å². The highest BCUT2D eigenvalue weighted by Crippen LogP contribution is 2.31. The summed E-state index contributed by atoms with van der Waals surface area (Å²) in [5.74, 6) is 1.40. The van der Waals surface area contributed by atoms with Crippen molar-refractivity contribution in [2.24, 2.45) is 4.99 Å². The Bertz CT molecular complexity index is 672. The molecule has 0 unspecified atom stereocenters. The molecule has 0 radical (unpaired) electrons. The van der Waals surface area contributed by atoms with Crippen LogP contribution < -0.4 is 5.32 Å². The van der Waals surface area contributed by atoms with Crippen molar-refractivity contribution in [3.05, 3.63) is 22.7 Å². The van der Waals surface area contributed by atoms with Gasteiger partial charge in [0, 0.05) is 51.5 Å². The molecule has 2 amide bonds. The van der Waals surface area contributed by atoms with Gasteiger partial charge in [0.15, 0.2) is 0 Å². The van der Waals surface area contributed by atoms with E-state index in [1.165, 1.54) is 0 Å². The highest BCUT2D eigenvalue weighted by atomic mass is 16.5. The predicted molar refractivity (Wildman–Crippen MR) is 109 cm³/mol. The molecule has 28 heavy (non-hydrogen) atoms. The van der Waals surface area contributed by atoms with Crippen LogP contribution >= 0.6 is 0 Å². The molecule has 0 aromatic carbocycles. The highest BCUT2D eigenvalue weighted by Gasteiger charge is 2.31. The summed E-state index contributed by atoms with van der Waals surface area (Å²) in [6.45, 7) is 8.17. The van der Waals surface area contributed by atoms with Crippen LogP contribution in [-0.4, -0.2) is 79.9 Å². The summed E-state index contributed by atoms with van der Waals surface area (Å²) < 4.78 is 10.6. The molecule has 2 rings (SSSR count). The lowest BCUT2D eigenvalue weighted by atomic mass is 9.94. The van der Waals surface area contributed by atoms with E-state index in [1.54, 1.807) is 19.1 Å². The third kappa shape index (κ3) is 5.48. The minimum absolute atomic E-state index is 0.171. The summed E-state index contributed by atoms with van der Waals surface area (Å²) in [4.78, 5) is 21.1. The average Bonchev–Trinajstić information content (AvgIpc) is 3.08. The number of urea groups is 1. The van der Waals surface area contributed by atoms with Crippen LogP contribution in [0, 0.1) is 0 Å². The minimum atomic E-state index is -0.688. The van der Waals surface area contributed by atoms with Crippen LogP contribution in [0.5, 0.6) is 0 Å². The number of methoxy groups -OCH3 is 2.